The highest BCUT2D eigenvalue weighted by Gasteiger charge is 2.30. The summed E-state index contributed by atoms with van der Waals surface area (Å²) in [5.74, 6) is 0.627. The fourth-order valence-electron chi connectivity index (χ4n) is 2.61. The Kier molecular flexibility index (Phi) is 5.41. The third kappa shape index (κ3) is 3.67. The number of amides is 1. The van der Waals surface area contributed by atoms with Crippen LogP contribution in [0.4, 0.5) is 0 Å². The molecule has 0 spiro atoms. The highest BCUT2D eigenvalue weighted by Crippen LogP contribution is 2.18. The molecule has 0 bridgehead atoms. The van der Waals surface area contributed by atoms with Crippen molar-refractivity contribution < 1.29 is 14.3 Å². The number of likely N-dealkylation sites (tertiary alicyclic amines) is 1. The maximum absolute atomic E-state index is 12.3. The summed E-state index contributed by atoms with van der Waals surface area (Å²) >= 11 is 0. The Bertz CT molecular complexity index is 267. The fourth-order valence-corrected chi connectivity index (χ4v) is 2.61. The van der Waals surface area contributed by atoms with Crippen LogP contribution in [0.15, 0.2) is 0 Å². The van der Waals surface area contributed by atoms with Crippen LogP contribution in [-0.2, 0) is 14.3 Å². The van der Waals surface area contributed by atoms with E-state index >= 15 is 0 Å². The average molecular weight is 256 g/mol. The SMILES string of the molecule is CCOC[C@H]1CCCN(C(=O)[C@H]2CNCCO2)C1. The lowest BCUT2D eigenvalue weighted by atomic mass is 9.98. The van der Waals surface area contributed by atoms with Gasteiger partial charge in [0.25, 0.3) is 5.91 Å². The molecule has 0 saturated carbocycles. The van der Waals surface area contributed by atoms with Gasteiger partial charge >= 0.3 is 0 Å². The van der Waals surface area contributed by atoms with Crippen molar-refractivity contribution in [1.82, 2.24) is 10.2 Å². The molecule has 2 heterocycles. The van der Waals surface area contributed by atoms with E-state index in [4.69, 9.17) is 9.47 Å². The highest BCUT2D eigenvalue weighted by molar-refractivity contribution is 5.81. The van der Waals surface area contributed by atoms with Crippen molar-refractivity contribution in [3.8, 4) is 0 Å². The molecule has 2 fully saturated rings. The van der Waals surface area contributed by atoms with Gasteiger partial charge in [0.05, 0.1) is 13.2 Å². The van der Waals surface area contributed by atoms with Crippen molar-refractivity contribution in [2.45, 2.75) is 25.9 Å². The Morgan fingerprint density at radius 2 is 2.44 bits per heavy atom. The molecular formula is C13H24N2O3. The van der Waals surface area contributed by atoms with E-state index in [9.17, 15) is 4.79 Å². The average Bonchev–Trinajstić information content (AvgIpc) is 2.45. The Morgan fingerprint density at radius 3 is 3.17 bits per heavy atom. The lowest BCUT2D eigenvalue weighted by Crippen LogP contribution is -2.52. The molecule has 5 heteroatoms. The number of hydrogen-bond donors (Lipinski definition) is 1. The molecule has 0 radical (unpaired) electrons. The van der Waals surface area contributed by atoms with Crippen molar-refractivity contribution in [2.75, 3.05) is 46.0 Å². The maximum Gasteiger partial charge on any atom is 0.253 e. The Morgan fingerprint density at radius 1 is 1.56 bits per heavy atom. The minimum atomic E-state index is -0.287. The first kappa shape index (κ1) is 13.8. The van der Waals surface area contributed by atoms with E-state index in [0.717, 1.165) is 45.7 Å². The second-order valence-corrected chi connectivity index (χ2v) is 5.02. The van der Waals surface area contributed by atoms with Crippen molar-refractivity contribution in [1.29, 1.82) is 0 Å². The van der Waals surface area contributed by atoms with E-state index in [0.29, 0.717) is 19.1 Å². The van der Waals surface area contributed by atoms with Crippen LogP contribution in [0.1, 0.15) is 19.8 Å². The summed E-state index contributed by atoms with van der Waals surface area (Å²) in [6.45, 7) is 7.33. The second-order valence-electron chi connectivity index (χ2n) is 5.02. The van der Waals surface area contributed by atoms with E-state index in [2.05, 4.69) is 5.32 Å². The predicted octanol–water partition coefficient (Wildman–Crippen LogP) is 0.250. The van der Waals surface area contributed by atoms with E-state index in [1.807, 2.05) is 11.8 Å². The molecule has 2 atom stereocenters. The maximum atomic E-state index is 12.3. The van der Waals surface area contributed by atoms with Gasteiger partial charge in [0.15, 0.2) is 0 Å². The van der Waals surface area contributed by atoms with Gasteiger partial charge in [0.1, 0.15) is 6.10 Å². The number of nitrogens with zero attached hydrogens (tertiary/aromatic N) is 1. The molecule has 1 N–H and O–H groups in total. The third-order valence-corrected chi connectivity index (χ3v) is 3.59. The van der Waals surface area contributed by atoms with Crippen molar-refractivity contribution in [3.63, 3.8) is 0 Å². The normalized spacial score (nSPS) is 29.3. The quantitative estimate of drug-likeness (QED) is 0.783. The molecule has 0 aliphatic carbocycles. The Balaban J connectivity index is 1.81. The van der Waals surface area contributed by atoms with Crippen LogP contribution in [-0.4, -0.2) is 62.9 Å². The van der Waals surface area contributed by atoms with Gasteiger partial charge in [0.2, 0.25) is 0 Å². The first-order valence-electron chi connectivity index (χ1n) is 7.00. The van der Waals surface area contributed by atoms with Gasteiger partial charge in [-0.15, -0.1) is 0 Å². The van der Waals surface area contributed by atoms with E-state index in [1.165, 1.54) is 0 Å². The summed E-state index contributed by atoms with van der Waals surface area (Å²) in [5, 5.41) is 3.20. The second kappa shape index (κ2) is 7.07. The van der Waals surface area contributed by atoms with E-state index in [1.54, 1.807) is 0 Å². The first-order valence-corrected chi connectivity index (χ1v) is 7.00. The molecule has 2 rings (SSSR count). The molecule has 18 heavy (non-hydrogen) atoms. The molecule has 0 unspecified atom stereocenters. The van der Waals surface area contributed by atoms with Crippen LogP contribution in [0.25, 0.3) is 0 Å². The van der Waals surface area contributed by atoms with E-state index < -0.39 is 0 Å². The summed E-state index contributed by atoms with van der Waals surface area (Å²) in [5.41, 5.74) is 0. The van der Waals surface area contributed by atoms with Crippen LogP contribution in [0.2, 0.25) is 0 Å². The van der Waals surface area contributed by atoms with Crippen molar-refractivity contribution in [3.05, 3.63) is 0 Å². The number of carbonyl (C=O) groups is 1. The van der Waals surface area contributed by atoms with Gasteiger partial charge < -0.3 is 19.7 Å². The summed E-state index contributed by atoms with van der Waals surface area (Å²) in [6.07, 6.45) is 1.95. The summed E-state index contributed by atoms with van der Waals surface area (Å²) in [7, 11) is 0. The monoisotopic (exact) mass is 256 g/mol. The highest BCUT2D eigenvalue weighted by atomic mass is 16.5. The largest absolute Gasteiger partial charge is 0.381 e. The number of carbonyl (C=O) groups excluding carboxylic acids is 1. The minimum Gasteiger partial charge on any atom is -0.381 e. The molecular weight excluding hydrogens is 232 g/mol. The number of morpholine rings is 1. The Labute approximate surface area is 109 Å². The van der Waals surface area contributed by atoms with Gasteiger partial charge in [-0.25, -0.2) is 0 Å². The lowest BCUT2D eigenvalue weighted by molar-refractivity contribution is -0.147. The number of ether oxygens (including phenoxy) is 2. The van der Waals surface area contributed by atoms with Crippen molar-refractivity contribution >= 4 is 5.91 Å². The third-order valence-electron chi connectivity index (χ3n) is 3.59. The number of nitrogens with one attached hydrogen (secondary N) is 1. The zero-order chi connectivity index (χ0) is 12.8. The molecule has 2 saturated heterocycles. The minimum absolute atomic E-state index is 0.142. The zero-order valence-corrected chi connectivity index (χ0v) is 11.2. The molecule has 1 amide bonds. The van der Waals surface area contributed by atoms with Gasteiger partial charge in [-0.1, -0.05) is 0 Å². The van der Waals surface area contributed by atoms with Crippen LogP contribution >= 0.6 is 0 Å². The number of rotatable bonds is 4. The standard InChI is InChI=1S/C13H24N2O3/c1-2-17-10-11-4-3-6-15(9-11)13(16)12-8-14-5-7-18-12/h11-12,14H,2-10H2,1H3/t11-,12+/m0/s1. The van der Waals surface area contributed by atoms with Gasteiger partial charge in [-0.05, 0) is 25.7 Å². The number of hydrogen-bond acceptors (Lipinski definition) is 4. The molecule has 104 valence electrons. The predicted molar refractivity (Wildman–Crippen MR) is 68.4 cm³/mol. The summed E-state index contributed by atoms with van der Waals surface area (Å²) in [6, 6.07) is 0. The molecule has 2 aliphatic heterocycles. The van der Waals surface area contributed by atoms with Gasteiger partial charge in [0, 0.05) is 32.8 Å². The number of piperidine rings is 1. The lowest BCUT2D eigenvalue weighted by Gasteiger charge is -2.35. The molecule has 0 aromatic carbocycles. The summed E-state index contributed by atoms with van der Waals surface area (Å²) in [4.78, 5) is 14.2. The molecule has 5 nitrogen and oxygen atoms in total. The fraction of sp³-hybridized carbons (Fsp3) is 0.923. The van der Waals surface area contributed by atoms with E-state index in [-0.39, 0.29) is 12.0 Å². The van der Waals surface area contributed by atoms with Crippen LogP contribution in [0.5, 0.6) is 0 Å². The van der Waals surface area contributed by atoms with Crippen molar-refractivity contribution in [2.24, 2.45) is 5.92 Å². The summed E-state index contributed by atoms with van der Waals surface area (Å²) < 4.78 is 11.0. The van der Waals surface area contributed by atoms with Crippen LogP contribution < -0.4 is 5.32 Å². The van der Waals surface area contributed by atoms with Gasteiger partial charge in [-0.3, -0.25) is 4.79 Å². The molecule has 2 aliphatic rings. The molecule has 0 aromatic heterocycles. The van der Waals surface area contributed by atoms with Crippen LogP contribution in [0.3, 0.4) is 0 Å². The smallest absolute Gasteiger partial charge is 0.253 e. The Hall–Kier alpha value is -0.650. The first-order chi connectivity index (χ1) is 8.81. The topological polar surface area (TPSA) is 50.8 Å². The van der Waals surface area contributed by atoms with Crippen LogP contribution in [0, 0.1) is 5.92 Å². The zero-order valence-electron chi connectivity index (χ0n) is 11.2. The molecule has 0 aromatic rings. The van der Waals surface area contributed by atoms with Gasteiger partial charge in [-0.2, -0.15) is 0 Å².